The molecule has 0 aromatic rings. The molecule has 0 aromatic carbocycles. The summed E-state index contributed by atoms with van der Waals surface area (Å²) in [4.78, 5) is 12.8. The maximum absolute atomic E-state index is 10.9. The Morgan fingerprint density at radius 3 is 2.79 bits per heavy atom. The summed E-state index contributed by atoms with van der Waals surface area (Å²) in [5, 5.41) is 0. The maximum Gasteiger partial charge on any atom is 0.235 e. The van der Waals surface area contributed by atoms with Crippen molar-refractivity contribution in [3.8, 4) is 0 Å². The molecule has 0 fully saturated rings. The third-order valence-electron chi connectivity index (χ3n) is 1.86. The minimum absolute atomic E-state index is 0.203. The summed E-state index contributed by atoms with van der Waals surface area (Å²) in [6.45, 7) is 0.525. The van der Waals surface area contributed by atoms with Crippen LogP contribution in [0.2, 0.25) is 0 Å². The lowest BCUT2D eigenvalue weighted by Crippen LogP contribution is -2.39. The Morgan fingerprint density at radius 1 is 1.50 bits per heavy atom. The Hall–Kier alpha value is -0.590. The highest BCUT2D eigenvalue weighted by Gasteiger charge is 2.24. The van der Waals surface area contributed by atoms with Crippen molar-refractivity contribution in [3.05, 3.63) is 24.4 Å². The van der Waals surface area contributed by atoms with Crippen LogP contribution in [0.25, 0.3) is 0 Å². The fraction of sp³-hybridized carbons (Fsp3) is 0.375. The highest BCUT2D eigenvalue weighted by molar-refractivity contribution is 8.00. The Balaban J connectivity index is 2.48. The molecule has 3 N–H and O–H groups in total. The zero-order chi connectivity index (χ0) is 10.6. The summed E-state index contributed by atoms with van der Waals surface area (Å²) in [6, 6.07) is 0. The van der Waals surface area contributed by atoms with E-state index in [0.29, 0.717) is 13.0 Å². The van der Waals surface area contributed by atoms with Crippen molar-refractivity contribution in [2.75, 3.05) is 6.54 Å². The van der Waals surface area contributed by atoms with Crippen LogP contribution in [-0.2, 0) is 4.79 Å². The van der Waals surface area contributed by atoms with Gasteiger partial charge in [0, 0.05) is 19.2 Å². The molecular formula is C8H13N3OS2. The van der Waals surface area contributed by atoms with E-state index in [1.165, 1.54) is 0 Å². The number of carbonyl (C=O) groups excluding carboxylic acids is 1. The topological polar surface area (TPSA) is 58.4 Å². The smallest absolute Gasteiger partial charge is 0.235 e. The second-order valence-electron chi connectivity index (χ2n) is 2.90. The van der Waals surface area contributed by atoms with Gasteiger partial charge in [-0.05, 0) is 12.2 Å². The molecule has 0 radical (unpaired) electrons. The normalized spacial score (nSPS) is 18.4. The Bertz CT molecular complexity index is 276. The van der Waals surface area contributed by atoms with Gasteiger partial charge in [-0.1, -0.05) is 6.08 Å². The second-order valence-corrected chi connectivity index (χ2v) is 4.62. The molecule has 14 heavy (non-hydrogen) atoms. The standard InChI is InChI=1S/C8H13N3OS2/c9-10-7(12)3-6-11-5-2-1-4-8(11,13)14/h1-2,4-5,13-14H,3,6,9H2,(H,10,12). The van der Waals surface area contributed by atoms with Crippen molar-refractivity contribution in [3.63, 3.8) is 0 Å². The summed E-state index contributed by atoms with van der Waals surface area (Å²) in [6.07, 6.45) is 7.71. The van der Waals surface area contributed by atoms with E-state index >= 15 is 0 Å². The number of hydrazine groups is 1. The van der Waals surface area contributed by atoms with Crippen molar-refractivity contribution < 1.29 is 4.79 Å². The minimum Gasteiger partial charge on any atom is -0.351 e. The van der Waals surface area contributed by atoms with Crippen molar-refractivity contribution >= 4 is 31.2 Å². The molecule has 1 amide bonds. The summed E-state index contributed by atoms with van der Waals surface area (Å²) in [7, 11) is 0. The van der Waals surface area contributed by atoms with Crippen LogP contribution in [0.5, 0.6) is 0 Å². The molecule has 0 aliphatic carbocycles. The summed E-state index contributed by atoms with van der Waals surface area (Å²) in [5.74, 6) is 4.76. The molecule has 6 heteroatoms. The second kappa shape index (κ2) is 4.77. The molecule has 1 heterocycles. The zero-order valence-corrected chi connectivity index (χ0v) is 9.34. The van der Waals surface area contributed by atoms with E-state index < -0.39 is 4.20 Å². The van der Waals surface area contributed by atoms with Gasteiger partial charge in [-0.2, -0.15) is 0 Å². The van der Waals surface area contributed by atoms with Crippen LogP contribution >= 0.6 is 25.3 Å². The number of nitrogens with zero attached hydrogens (tertiary/aromatic N) is 1. The SMILES string of the molecule is NNC(=O)CCN1C=CC=CC1(S)S. The average Bonchev–Trinajstić information content (AvgIpc) is 2.15. The first kappa shape index (κ1) is 11.5. The monoisotopic (exact) mass is 231 g/mol. The summed E-state index contributed by atoms with van der Waals surface area (Å²) >= 11 is 8.67. The number of hydrogen-bond donors (Lipinski definition) is 4. The van der Waals surface area contributed by atoms with Gasteiger partial charge in [0.2, 0.25) is 5.91 Å². The van der Waals surface area contributed by atoms with E-state index in [2.05, 4.69) is 30.7 Å². The number of allylic oxidation sites excluding steroid dienone is 2. The molecule has 0 unspecified atom stereocenters. The van der Waals surface area contributed by atoms with Gasteiger partial charge >= 0.3 is 0 Å². The molecule has 1 aliphatic heterocycles. The van der Waals surface area contributed by atoms with Crippen LogP contribution in [0.1, 0.15) is 6.42 Å². The van der Waals surface area contributed by atoms with Gasteiger partial charge in [0.15, 0.2) is 0 Å². The van der Waals surface area contributed by atoms with E-state index in [1.807, 2.05) is 29.3 Å². The highest BCUT2D eigenvalue weighted by atomic mass is 32.2. The lowest BCUT2D eigenvalue weighted by atomic mass is 10.3. The van der Waals surface area contributed by atoms with Crippen LogP contribution in [-0.4, -0.2) is 21.6 Å². The van der Waals surface area contributed by atoms with Gasteiger partial charge in [0.25, 0.3) is 0 Å². The highest BCUT2D eigenvalue weighted by Crippen LogP contribution is 2.29. The van der Waals surface area contributed by atoms with Gasteiger partial charge in [-0.15, -0.1) is 25.3 Å². The largest absolute Gasteiger partial charge is 0.351 e. The first-order valence-electron chi connectivity index (χ1n) is 4.13. The molecule has 0 aromatic heterocycles. The van der Waals surface area contributed by atoms with Crippen LogP contribution < -0.4 is 11.3 Å². The Kier molecular flexibility index (Phi) is 3.91. The predicted octanol–water partition coefficient (Wildman–Crippen LogP) is 0.265. The van der Waals surface area contributed by atoms with E-state index in [9.17, 15) is 4.79 Å². The number of hydrogen-bond acceptors (Lipinski definition) is 5. The number of thiol groups is 2. The third kappa shape index (κ3) is 2.97. The molecule has 4 nitrogen and oxygen atoms in total. The lowest BCUT2D eigenvalue weighted by molar-refractivity contribution is -0.121. The summed E-state index contributed by atoms with van der Waals surface area (Å²) in [5.41, 5.74) is 2.07. The van der Waals surface area contributed by atoms with Crippen LogP contribution in [0.15, 0.2) is 24.4 Å². The number of carbonyl (C=O) groups is 1. The van der Waals surface area contributed by atoms with Crippen molar-refractivity contribution in [2.24, 2.45) is 5.84 Å². The zero-order valence-electron chi connectivity index (χ0n) is 7.55. The van der Waals surface area contributed by atoms with Crippen molar-refractivity contribution in [2.45, 2.75) is 10.6 Å². The summed E-state index contributed by atoms with van der Waals surface area (Å²) < 4.78 is -0.635. The first-order valence-corrected chi connectivity index (χ1v) is 5.02. The van der Waals surface area contributed by atoms with Crippen LogP contribution in [0.4, 0.5) is 0 Å². The molecular weight excluding hydrogens is 218 g/mol. The van der Waals surface area contributed by atoms with Crippen LogP contribution in [0, 0.1) is 0 Å². The maximum atomic E-state index is 10.9. The Morgan fingerprint density at radius 2 is 2.21 bits per heavy atom. The fourth-order valence-electron chi connectivity index (χ4n) is 1.08. The molecule has 0 saturated heterocycles. The minimum atomic E-state index is -0.635. The van der Waals surface area contributed by atoms with Crippen LogP contribution in [0.3, 0.4) is 0 Å². The molecule has 78 valence electrons. The average molecular weight is 231 g/mol. The molecule has 0 saturated carbocycles. The molecule has 1 rings (SSSR count). The van der Waals surface area contributed by atoms with Crippen molar-refractivity contribution in [1.82, 2.24) is 10.3 Å². The van der Waals surface area contributed by atoms with E-state index in [0.717, 1.165) is 0 Å². The van der Waals surface area contributed by atoms with Gasteiger partial charge < -0.3 is 4.90 Å². The van der Waals surface area contributed by atoms with Gasteiger partial charge in [-0.3, -0.25) is 10.2 Å². The molecule has 0 atom stereocenters. The van der Waals surface area contributed by atoms with E-state index in [4.69, 9.17) is 5.84 Å². The van der Waals surface area contributed by atoms with E-state index in [1.54, 1.807) is 0 Å². The number of nitrogens with two attached hydrogens (primary N) is 1. The predicted molar refractivity (Wildman–Crippen MR) is 62.6 cm³/mol. The first-order chi connectivity index (χ1) is 6.56. The van der Waals surface area contributed by atoms with Crippen molar-refractivity contribution in [1.29, 1.82) is 0 Å². The van der Waals surface area contributed by atoms with Gasteiger partial charge in [-0.25, -0.2) is 5.84 Å². The van der Waals surface area contributed by atoms with Gasteiger partial charge in [0.05, 0.1) is 0 Å². The number of amides is 1. The van der Waals surface area contributed by atoms with E-state index in [-0.39, 0.29) is 5.91 Å². The van der Waals surface area contributed by atoms with Gasteiger partial charge in [0.1, 0.15) is 4.20 Å². The number of rotatable bonds is 3. The fourth-order valence-corrected chi connectivity index (χ4v) is 1.58. The lowest BCUT2D eigenvalue weighted by Gasteiger charge is -2.35. The molecule has 0 spiro atoms. The third-order valence-corrected chi connectivity index (χ3v) is 2.67. The molecule has 0 bridgehead atoms. The number of nitrogens with one attached hydrogen (secondary N) is 1. The molecule has 1 aliphatic rings. The Labute approximate surface area is 94.0 Å². The quantitative estimate of drug-likeness (QED) is 0.185.